The van der Waals surface area contributed by atoms with Crippen molar-refractivity contribution in [3.8, 4) is 5.75 Å². The number of ether oxygens (including phenoxy) is 1. The fourth-order valence-corrected chi connectivity index (χ4v) is 2.28. The molecule has 0 bridgehead atoms. The smallest absolute Gasteiger partial charge is 0.336 e. The highest BCUT2D eigenvalue weighted by molar-refractivity contribution is 7.98. The zero-order chi connectivity index (χ0) is 11.4. The maximum Gasteiger partial charge on any atom is 0.336 e. The summed E-state index contributed by atoms with van der Waals surface area (Å²) in [6.45, 7) is 2.35. The molecule has 1 rings (SSSR count). The van der Waals surface area contributed by atoms with E-state index in [0.29, 0.717) is 22.3 Å². The first-order valence-corrected chi connectivity index (χ1v) is 5.94. The van der Waals surface area contributed by atoms with Gasteiger partial charge in [0.2, 0.25) is 0 Å². The normalized spacial score (nSPS) is 10.1. The van der Waals surface area contributed by atoms with Crippen LogP contribution in [-0.2, 0) is 0 Å². The molecule has 15 heavy (non-hydrogen) atoms. The van der Waals surface area contributed by atoms with Crippen molar-refractivity contribution < 1.29 is 14.6 Å². The lowest BCUT2D eigenvalue weighted by Gasteiger charge is -2.10. The first-order valence-electron chi connectivity index (χ1n) is 4.34. The van der Waals surface area contributed by atoms with Gasteiger partial charge in [0.25, 0.3) is 0 Å². The Morgan fingerprint density at radius 1 is 1.60 bits per heavy atom. The molecule has 0 aromatic heterocycles. The summed E-state index contributed by atoms with van der Waals surface area (Å²) in [5, 5.41) is 9.29. The molecule has 0 heterocycles. The van der Waals surface area contributed by atoms with Crippen LogP contribution in [0.3, 0.4) is 0 Å². The second-order valence-electron chi connectivity index (χ2n) is 2.70. The zero-order valence-electron chi connectivity index (χ0n) is 8.41. The highest BCUT2D eigenvalue weighted by atomic mass is 35.5. The SMILES string of the molecule is CCOc1ccc(C(=O)O)c(SC)c1Cl. The molecule has 82 valence electrons. The van der Waals surface area contributed by atoms with Gasteiger partial charge in [-0.15, -0.1) is 11.8 Å². The van der Waals surface area contributed by atoms with Gasteiger partial charge in [-0.2, -0.15) is 0 Å². The van der Waals surface area contributed by atoms with E-state index in [2.05, 4.69) is 0 Å². The minimum Gasteiger partial charge on any atom is -0.492 e. The van der Waals surface area contributed by atoms with E-state index in [1.165, 1.54) is 17.8 Å². The Morgan fingerprint density at radius 3 is 2.73 bits per heavy atom. The van der Waals surface area contributed by atoms with E-state index in [9.17, 15) is 4.79 Å². The van der Waals surface area contributed by atoms with Gasteiger partial charge >= 0.3 is 5.97 Å². The average Bonchev–Trinajstić information content (AvgIpc) is 2.20. The van der Waals surface area contributed by atoms with Crippen molar-refractivity contribution in [3.63, 3.8) is 0 Å². The molecule has 0 aliphatic heterocycles. The van der Waals surface area contributed by atoms with Crippen LogP contribution in [0.2, 0.25) is 5.02 Å². The van der Waals surface area contributed by atoms with Crippen LogP contribution < -0.4 is 4.74 Å². The third kappa shape index (κ3) is 2.58. The van der Waals surface area contributed by atoms with E-state index in [0.717, 1.165) is 0 Å². The number of carboxylic acids is 1. The number of thioether (sulfide) groups is 1. The molecule has 0 aliphatic carbocycles. The molecule has 0 spiro atoms. The van der Waals surface area contributed by atoms with E-state index in [-0.39, 0.29) is 5.56 Å². The molecule has 0 radical (unpaired) electrons. The van der Waals surface area contributed by atoms with Crippen molar-refractivity contribution in [1.82, 2.24) is 0 Å². The number of aromatic carboxylic acids is 1. The number of hydrogen-bond donors (Lipinski definition) is 1. The number of benzene rings is 1. The Morgan fingerprint density at radius 2 is 2.27 bits per heavy atom. The number of carbonyl (C=O) groups is 1. The second kappa shape index (κ2) is 5.28. The lowest BCUT2D eigenvalue weighted by molar-refractivity contribution is 0.0693. The van der Waals surface area contributed by atoms with E-state index in [1.54, 1.807) is 12.3 Å². The predicted molar refractivity (Wildman–Crippen MR) is 61.4 cm³/mol. The van der Waals surface area contributed by atoms with Crippen molar-refractivity contribution in [2.75, 3.05) is 12.9 Å². The molecule has 5 heteroatoms. The summed E-state index contributed by atoms with van der Waals surface area (Å²) < 4.78 is 5.28. The number of carboxylic acid groups (broad SMARTS) is 1. The summed E-state index contributed by atoms with van der Waals surface area (Å²) in [4.78, 5) is 11.4. The Bertz CT molecular complexity index is 379. The van der Waals surface area contributed by atoms with E-state index in [4.69, 9.17) is 21.4 Å². The minimum atomic E-state index is -0.982. The highest BCUT2D eigenvalue weighted by Gasteiger charge is 2.16. The van der Waals surface area contributed by atoms with Crippen molar-refractivity contribution in [1.29, 1.82) is 0 Å². The van der Waals surface area contributed by atoms with Crippen LogP contribution >= 0.6 is 23.4 Å². The van der Waals surface area contributed by atoms with E-state index < -0.39 is 5.97 Å². The summed E-state index contributed by atoms with van der Waals surface area (Å²) in [6.07, 6.45) is 1.78. The van der Waals surface area contributed by atoms with Crippen LogP contribution in [0.1, 0.15) is 17.3 Å². The van der Waals surface area contributed by atoms with Crippen LogP contribution in [0.4, 0.5) is 0 Å². The van der Waals surface area contributed by atoms with Crippen LogP contribution in [0, 0.1) is 0 Å². The van der Waals surface area contributed by atoms with Crippen LogP contribution in [-0.4, -0.2) is 23.9 Å². The van der Waals surface area contributed by atoms with Crippen LogP contribution in [0.25, 0.3) is 0 Å². The molecule has 1 aromatic carbocycles. The zero-order valence-corrected chi connectivity index (χ0v) is 9.98. The topological polar surface area (TPSA) is 46.5 Å². The van der Waals surface area contributed by atoms with Gasteiger partial charge in [0.15, 0.2) is 0 Å². The van der Waals surface area contributed by atoms with Gasteiger partial charge in [0.1, 0.15) is 5.75 Å². The predicted octanol–water partition coefficient (Wildman–Crippen LogP) is 3.16. The van der Waals surface area contributed by atoms with Gasteiger partial charge in [-0.1, -0.05) is 11.6 Å². The van der Waals surface area contributed by atoms with E-state index in [1.807, 2.05) is 6.92 Å². The number of halogens is 1. The van der Waals surface area contributed by atoms with Crippen molar-refractivity contribution in [2.24, 2.45) is 0 Å². The quantitative estimate of drug-likeness (QED) is 0.829. The van der Waals surface area contributed by atoms with Crippen LogP contribution in [0.15, 0.2) is 17.0 Å². The first kappa shape index (κ1) is 12.2. The first-order chi connectivity index (χ1) is 7.11. The average molecular weight is 247 g/mol. The molecular formula is C10H11ClO3S. The Labute approximate surface area is 97.4 Å². The summed E-state index contributed by atoms with van der Waals surface area (Å²) in [7, 11) is 0. The van der Waals surface area contributed by atoms with Gasteiger partial charge in [0.05, 0.1) is 17.2 Å². The minimum absolute atomic E-state index is 0.205. The van der Waals surface area contributed by atoms with E-state index >= 15 is 0 Å². The molecule has 1 N–H and O–H groups in total. The molecular weight excluding hydrogens is 236 g/mol. The molecule has 0 fully saturated rings. The number of rotatable bonds is 4. The molecule has 0 amide bonds. The summed E-state index contributed by atoms with van der Waals surface area (Å²) in [5.41, 5.74) is 0.205. The fraction of sp³-hybridized carbons (Fsp3) is 0.300. The third-order valence-electron chi connectivity index (χ3n) is 1.80. The van der Waals surface area contributed by atoms with Gasteiger partial charge in [-0.3, -0.25) is 0 Å². The van der Waals surface area contributed by atoms with Gasteiger partial charge in [0, 0.05) is 4.90 Å². The Kier molecular flexibility index (Phi) is 4.29. The van der Waals surface area contributed by atoms with Gasteiger partial charge < -0.3 is 9.84 Å². The largest absolute Gasteiger partial charge is 0.492 e. The second-order valence-corrected chi connectivity index (χ2v) is 3.89. The Hall–Kier alpha value is -0.870. The Balaban J connectivity index is 3.26. The standard InChI is InChI=1S/C10H11ClO3S/c1-3-14-7-5-4-6(10(12)13)9(15-2)8(7)11/h4-5H,3H2,1-2H3,(H,12,13). The third-order valence-corrected chi connectivity index (χ3v) is 3.12. The lowest BCUT2D eigenvalue weighted by Crippen LogP contribution is -2.01. The molecule has 0 aliphatic rings. The summed E-state index contributed by atoms with van der Waals surface area (Å²) in [6, 6.07) is 3.08. The molecule has 1 aromatic rings. The molecule has 0 unspecified atom stereocenters. The van der Waals surface area contributed by atoms with Crippen molar-refractivity contribution in [3.05, 3.63) is 22.7 Å². The van der Waals surface area contributed by atoms with Crippen molar-refractivity contribution >= 4 is 29.3 Å². The number of hydrogen-bond acceptors (Lipinski definition) is 3. The molecule has 0 atom stereocenters. The fourth-order valence-electron chi connectivity index (χ4n) is 1.17. The monoisotopic (exact) mass is 246 g/mol. The van der Waals surface area contributed by atoms with Crippen LogP contribution in [0.5, 0.6) is 5.75 Å². The molecule has 3 nitrogen and oxygen atoms in total. The highest BCUT2D eigenvalue weighted by Crippen LogP contribution is 2.36. The molecule has 0 saturated heterocycles. The van der Waals surface area contributed by atoms with Gasteiger partial charge in [-0.25, -0.2) is 4.79 Å². The molecule has 0 saturated carbocycles. The summed E-state index contributed by atoms with van der Waals surface area (Å²) in [5.74, 6) is -0.460. The lowest BCUT2D eigenvalue weighted by atomic mass is 10.2. The van der Waals surface area contributed by atoms with Crippen molar-refractivity contribution in [2.45, 2.75) is 11.8 Å². The van der Waals surface area contributed by atoms with Gasteiger partial charge in [-0.05, 0) is 25.3 Å². The maximum absolute atomic E-state index is 10.9. The maximum atomic E-state index is 10.9. The summed E-state index contributed by atoms with van der Waals surface area (Å²) >= 11 is 7.33.